The second kappa shape index (κ2) is 12.1. The van der Waals surface area contributed by atoms with Crippen molar-refractivity contribution < 1.29 is 27.7 Å². The zero-order valence-corrected chi connectivity index (χ0v) is 20.1. The molecule has 0 aliphatic heterocycles. The van der Waals surface area contributed by atoms with Crippen LogP contribution in [0.25, 0.3) is 6.08 Å². The zero-order valence-electron chi connectivity index (χ0n) is 18.5. The van der Waals surface area contributed by atoms with Crippen molar-refractivity contribution in [3.05, 3.63) is 111 Å². The summed E-state index contributed by atoms with van der Waals surface area (Å²) in [5.41, 5.74) is 0.591. The minimum Gasteiger partial charge on any atom is -0.446 e. The number of carbonyl (C=O) groups excluding carboxylic acids is 2. The maximum absolute atomic E-state index is 12.9. The minimum atomic E-state index is -3.97. The monoisotopic (exact) mass is 529 g/mol. The Kier molecular flexibility index (Phi) is 8.90. The molecule has 3 rings (SSSR count). The van der Waals surface area contributed by atoms with E-state index in [0.717, 1.165) is 11.5 Å². The molecule has 0 saturated heterocycles. The molecule has 10 nitrogen and oxygen atoms in total. The fraction of sp³-hybridized carbons (Fsp3) is 0.0833. The summed E-state index contributed by atoms with van der Waals surface area (Å²) in [5.74, 6) is -1.82. The molecular formula is C24H20ClN3O7S. The van der Waals surface area contributed by atoms with Crippen molar-refractivity contribution in [2.24, 2.45) is 0 Å². The van der Waals surface area contributed by atoms with Gasteiger partial charge in [-0.25, -0.2) is 13.1 Å². The molecule has 3 aromatic rings. The van der Waals surface area contributed by atoms with E-state index in [1.165, 1.54) is 30.3 Å². The highest BCUT2D eigenvalue weighted by atomic mass is 35.5. The highest BCUT2D eigenvalue weighted by Crippen LogP contribution is 2.28. The molecule has 0 spiro atoms. The lowest BCUT2D eigenvalue weighted by Gasteiger charge is -2.18. The molecule has 0 bridgehead atoms. The third kappa shape index (κ3) is 7.73. The van der Waals surface area contributed by atoms with Gasteiger partial charge in [-0.2, -0.15) is 0 Å². The molecule has 186 valence electrons. The molecule has 2 N–H and O–H groups in total. The Bertz CT molecular complexity index is 1380. The molecule has 0 aliphatic carbocycles. The SMILES string of the molecule is O=C(CNS(=O)(=O)C=Cc1ccccc1)OC(C(=O)Nc1ccc(Cl)c([N+](=O)[O-])c1)c1ccccc1. The second-order valence-electron chi connectivity index (χ2n) is 7.27. The molecule has 1 atom stereocenters. The van der Waals surface area contributed by atoms with E-state index in [9.17, 15) is 28.1 Å². The van der Waals surface area contributed by atoms with Gasteiger partial charge in [0.25, 0.3) is 11.6 Å². The van der Waals surface area contributed by atoms with Gasteiger partial charge in [-0.15, -0.1) is 0 Å². The van der Waals surface area contributed by atoms with Crippen LogP contribution < -0.4 is 10.0 Å². The number of hydrogen-bond acceptors (Lipinski definition) is 7. The third-order valence-electron chi connectivity index (χ3n) is 4.66. The number of carbonyl (C=O) groups is 2. The molecule has 36 heavy (non-hydrogen) atoms. The van der Waals surface area contributed by atoms with Gasteiger partial charge in [0.2, 0.25) is 16.1 Å². The molecule has 0 fully saturated rings. The van der Waals surface area contributed by atoms with Crippen molar-refractivity contribution in [1.29, 1.82) is 0 Å². The van der Waals surface area contributed by atoms with Gasteiger partial charge in [0, 0.05) is 22.7 Å². The topological polar surface area (TPSA) is 145 Å². The van der Waals surface area contributed by atoms with Crippen molar-refractivity contribution in [3.63, 3.8) is 0 Å². The molecule has 0 aliphatic rings. The summed E-state index contributed by atoms with van der Waals surface area (Å²) in [6, 6.07) is 20.4. The number of nitro benzene ring substituents is 1. The first-order chi connectivity index (χ1) is 17.1. The number of nitro groups is 1. The van der Waals surface area contributed by atoms with Crippen LogP contribution in [0.5, 0.6) is 0 Å². The highest BCUT2D eigenvalue weighted by molar-refractivity contribution is 7.92. The van der Waals surface area contributed by atoms with E-state index in [1.54, 1.807) is 48.5 Å². The number of nitrogens with zero attached hydrogens (tertiary/aromatic N) is 1. The van der Waals surface area contributed by atoms with Crippen LogP contribution in [0.4, 0.5) is 11.4 Å². The van der Waals surface area contributed by atoms with Crippen LogP contribution in [0.2, 0.25) is 5.02 Å². The number of benzene rings is 3. The number of halogens is 1. The van der Waals surface area contributed by atoms with Crippen molar-refractivity contribution in [2.75, 3.05) is 11.9 Å². The molecule has 12 heteroatoms. The van der Waals surface area contributed by atoms with E-state index in [4.69, 9.17) is 16.3 Å². The highest BCUT2D eigenvalue weighted by Gasteiger charge is 2.26. The van der Waals surface area contributed by atoms with Crippen molar-refractivity contribution in [3.8, 4) is 0 Å². The maximum Gasteiger partial charge on any atom is 0.322 e. The maximum atomic E-state index is 12.9. The fourth-order valence-electron chi connectivity index (χ4n) is 2.95. The summed E-state index contributed by atoms with van der Waals surface area (Å²) in [6.45, 7) is -0.732. The minimum absolute atomic E-state index is 0.0554. The Morgan fingerprint density at radius 1 is 1.03 bits per heavy atom. The predicted octanol–water partition coefficient (Wildman–Crippen LogP) is 4.06. The Morgan fingerprint density at radius 3 is 2.31 bits per heavy atom. The molecular weight excluding hydrogens is 510 g/mol. The standard InChI is InChI=1S/C24H20ClN3O7S/c25-20-12-11-19(15-21(20)28(31)32)27-24(30)23(18-9-5-2-6-10-18)35-22(29)16-26-36(33,34)14-13-17-7-3-1-4-8-17/h1-15,23,26H,16H2,(H,27,30). The van der Waals surface area contributed by atoms with Crippen LogP contribution in [-0.2, 0) is 24.3 Å². The average molecular weight is 530 g/mol. The van der Waals surface area contributed by atoms with Crippen LogP contribution >= 0.6 is 11.6 Å². The number of ether oxygens (including phenoxy) is 1. The van der Waals surface area contributed by atoms with E-state index >= 15 is 0 Å². The summed E-state index contributed by atoms with van der Waals surface area (Å²) >= 11 is 5.80. The average Bonchev–Trinajstić information content (AvgIpc) is 2.87. The number of sulfonamides is 1. The molecule has 1 unspecified atom stereocenters. The van der Waals surface area contributed by atoms with E-state index in [-0.39, 0.29) is 10.7 Å². The molecule has 3 aromatic carbocycles. The number of hydrogen-bond donors (Lipinski definition) is 2. The molecule has 0 saturated carbocycles. The lowest BCUT2D eigenvalue weighted by molar-refractivity contribution is -0.384. The largest absolute Gasteiger partial charge is 0.446 e. The molecule has 0 aromatic heterocycles. The summed E-state index contributed by atoms with van der Waals surface area (Å²) in [7, 11) is -3.97. The Morgan fingerprint density at radius 2 is 1.67 bits per heavy atom. The Labute approximate surface area is 211 Å². The fourth-order valence-corrected chi connectivity index (χ4v) is 3.89. The van der Waals surface area contributed by atoms with E-state index < -0.39 is 45.2 Å². The summed E-state index contributed by atoms with van der Waals surface area (Å²) < 4.78 is 31.8. The summed E-state index contributed by atoms with van der Waals surface area (Å²) in [6.07, 6.45) is -0.100. The normalized spacial score (nSPS) is 12.1. The van der Waals surface area contributed by atoms with Crippen LogP contribution in [0, 0.1) is 10.1 Å². The van der Waals surface area contributed by atoms with Crippen LogP contribution in [-0.4, -0.2) is 31.8 Å². The van der Waals surface area contributed by atoms with E-state index in [2.05, 4.69) is 10.0 Å². The number of rotatable bonds is 10. The summed E-state index contributed by atoms with van der Waals surface area (Å²) in [5, 5.41) is 14.4. The van der Waals surface area contributed by atoms with Gasteiger partial charge >= 0.3 is 5.97 Å². The Balaban J connectivity index is 1.70. The number of amides is 1. The van der Waals surface area contributed by atoms with Gasteiger partial charge in [0.1, 0.15) is 11.6 Å². The first-order valence-corrected chi connectivity index (χ1v) is 12.3. The lowest BCUT2D eigenvalue weighted by atomic mass is 10.1. The quantitative estimate of drug-likeness (QED) is 0.229. The third-order valence-corrected chi connectivity index (χ3v) is 6.02. The first-order valence-electron chi connectivity index (χ1n) is 10.4. The van der Waals surface area contributed by atoms with E-state index in [1.807, 2.05) is 0 Å². The van der Waals surface area contributed by atoms with Gasteiger partial charge in [0.15, 0.2) is 0 Å². The van der Waals surface area contributed by atoms with E-state index in [0.29, 0.717) is 11.1 Å². The van der Waals surface area contributed by atoms with Crippen molar-refractivity contribution in [1.82, 2.24) is 4.72 Å². The van der Waals surface area contributed by atoms with Crippen molar-refractivity contribution in [2.45, 2.75) is 6.10 Å². The van der Waals surface area contributed by atoms with Gasteiger partial charge in [0.05, 0.1) is 4.92 Å². The number of nitrogens with one attached hydrogen (secondary N) is 2. The van der Waals surface area contributed by atoms with Crippen LogP contribution in [0.15, 0.2) is 84.3 Å². The summed E-state index contributed by atoms with van der Waals surface area (Å²) in [4.78, 5) is 35.8. The van der Waals surface area contributed by atoms with Gasteiger partial charge < -0.3 is 10.1 Å². The molecule has 1 amide bonds. The van der Waals surface area contributed by atoms with Gasteiger partial charge in [-0.1, -0.05) is 72.3 Å². The number of esters is 1. The zero-order chi connectivity index (χ0) is 26.1. The molecule has 0 heterocycles. The van der Waals surface area contributed by atoms with Crippen LogP contribution in [0.1, 0.15) is 17.2 Å². The first kappa shape index (κ1) is 26.5. The second-order valence-corrected chi connectivity index (χ2v) is 9.33. The smallest absolute Gasteiger partial charge is 0.322 e. The predicted molar refractivity (Wildman–Crippen MR) is 134 cm³/mol. The Hall–Kier alpha value is -4.06. The lowest BCUT2D eigenvalue weighted by Crippen LogP contribution is -2.32. The van der Waals surface area contributed by atoms with Crippen LogP contribution in [0.3, 0.4) is 0 Å². The van der Waals surface area contributed by atoms with Gasteiger partial charge in [-0.3, -0.25) is 19.7 Å². The molecule has 0 radical (unpaired) electrons. The van der Waals surface area contributed by atoms with Crippen molar-refractivity contribution >= 4 is 51.0 Å². The number of anilines is 1. The van der Waals surface area contributed by atoms with Gasteiger partial charge in [-0.05, 0) is 23.8 Å².